The van der Waals surface area contributed by atoms with Crippen LogP contribution in [0.5, 0.6) is 0 Å². The van der Waals surface area contributed by atoms with Crippen LogP contribution in [0.2, 0.25) is 0 Å². The first kappa shape index (κ1) is 19.9. The molecule has 0 bridgehead atoms. The fourth-order valence-electron chi connectivity index (χ4n) is 0.639. The molecule has 0 amide bonds. The molecule has 3 N–H and O–H groups in total. The second-order valence-corrected chi connectivity index (χ2v) is 4.20. The summed E-state index contributed by atoms with van der Waals surface area (Å²) < 4.78 is 13.4. The van der Waals surface area contributed by atoms with Gasteiger partial charge in [0.05, 0.1) is 6.61 Å². The van der Waals surface area contributed by atoms with Crippen LogP contribution in [0, 0.1) is 0 Å². The van der Waals surface area contributed by atoms with Gasteiger partial charge >= 0.3 is 13.8 Å². The Balaban J connectivity index is 0. The lowest BCUT2D eigenvalue weighted by Gasteiger charge is -1.96. The molecule has 19 heavy (non-hydrogen) atoms. The third-order valence-corrected chi connectivity index (χ3v) is 1.29. The molecule has 0 aliphatic rings. The topological polar surface area (TPSA) is 104 Å². The minimum atomic E-state index is -4.64. The monoisotopic (exact) mass is 290 g/mol. The summed E-state index contributed by atoms with van der Waals surface area (Å²) in [6.45, 7) is 7.21. The highest BCUT2D eigenvalue weighted by Crippen LogP contribution is 2.25. The zero-order valence-electron chi connectivity index (χ0n) is 10.9. The molecule has 0 fully saturated rings. The highest BCUT2D eigenvalue weighted by atomic mass is 31.2. The molecule has 1 rings (SSSR count). The number of ether oxygens (including phenoxy) is 1. The van der Waals surface area contributed by atoms with Crippen molar-refractivity contribution in [1.29, 1.82) is 0 Å². The fourth-order valence-corrected chi connectivity index (χ4v) is 0.639. The second kappa shape index (κ2) is 11.6. The van der Waals surface area contributed by atoms with Crippen molar-refractivity contribution in [3.05, 3.63) is 48.6 Å². The number of rotatable bonds is 2. The molecule has 0 aromatic heterocycles. The van der Waals surface area contributed by atoms with E-state index in [0.29, 0.717) is 12.2 Å². The first-order valence-electron chi connectivity index (χ1n) is 5.29. The molecule has 0 spiro atoms. The number of esters is 1. The molecular formula is C12H19O6P. The molecule has 0 saturated heterocycles. The van der Waals surface area contributed by atoms with Gasteiger partial charge < -0.3 is 19.4 Å². The van der Waals surface area contributed by atoms with Crippen molar-refractivity contribution in [2.45, 2.75) is 13.8 Å². The Labute approximate surface area is 112 Å². The molecule has 0 aliphatic heterocycles. The van der Waals surface area contributed by atoms with E-state index < -0.39 is 7.82 Å². The Bertz CT molecular complexity index is 363. The van der Waals surface area contributed by atoms with E-state index in [2.05, 4.69) is 11.3 Å². The molecule has 0 heterocycles. The van der Waals surface area contributed by atoms with E-state index in [-0.39, 0.29) is 5.97 Å². The van der Waals surface area contributed by atoms with E-state index in [4.69, 9.17) is 19.2 Å². The summed E-state index contributed by atoms with van der Waals surface area (Å²) in [6.07, 6.45) is 0. The van der Waals surface area contributed by atoms with Gasteiger partial charge in [0.2, 0.25) is 0 Å². The van der Waals surface area contributed by atoms with Crippen LogP contribution in [0.1, 0.15) is 13.8 Å². The number of phosphoric acid groups is 1. The maximum atomic E-state index is 10.4. The van der Waals surface area contributed by atoms with Gasteiger partial charge in [0.1, 0.15) is 0 Å². The van der Waals surface area contributed by atoms with Gasteiger partial charge in [-0.3, -0.25) is 0 Å². The number of hydrogen-bond acceptors (Lipinski definition) is 3. The lowest BCUT2D eigenvalue weighted by molar-refractivity contribution is -0.138. The normalized spacial score (nSPS) is 9.11. The van der Waals surface area contributed by atoms with Crippen LogP contribution in [-0.2, 0) is 14.1 Å². The Morgan fingerprint density at radius 2 is 1.37 bits per heavy atom. The van der Waals surface area contributed by atoms with E-state index in [1.165, 1.54) is 0 Å². The average molecular weight is 290 g/mol. The number of carbonyl (C=O) groups excluding carboxylic acids is 1. The van der Waals surface area contributed by atoms with Crippen molar-refractivity contribution < 1.29 is 28.8 Å². The highest BCUT2D eigenvalue weighted by Gasteiger charge is 2.00. The highest BCUT2D eigenvalue weighted by molar-refractivity contribution is 7.45. The van der Waals surface area contributed by atoms with Gasteiger partial charge in [-0.15, -0.1) is 0 Å². The fraction of sp³-hybridized carbons (Fsp3) is 0.250. The van der Waals surface area contributed by atoms with Crippen LogP contribution < -0.4 is 0 Å². The number of hydrogen-bond donors (Lipinski definition) is 3. The number of carbonyl (C=O) groups is 1. The molecule has 0 atom stereocenters. The van der Waals surface area contributed by atoms with Crippen LogP contribution in [0.15, 0.2) is 48.6 Å². The van der Waals surface area contributed by atoms with Crippen LogP contribution >= 0.6 is 7.82 Å². The van der Waals surface area contributed by atoms with Gasteiger partial charge in [0.15, 0.2) is 0 Å². The van der Waals surface area contributed by atoms with Crippen molar-refractivity contribution in [3.8, 4) is 0 Å². The SMILES string of the molecule is C=C(C)C(=O)OCC.O=P(O)(O)O.c1ccccc1. The molecule has 0 radical (unpaired) electrons. The van der Waals surface area contributed by atoms with Gasteiger partial charge in [0, 0.05) is 5.57 Å². The minimum Gasteiger partial charge on any atom is -0.463 e. The van der Waals surface area contributed by atoms with Gasteiger partial charge in [0.25, 0.3) is 0 Å². The van der Waals surface area contributed by atoms with Crippen molar-refractivity contribution >= 4 is 13.8 Å². The molecule has 108 valence electrons. The zero-order chi connectivity index (χ0) is 15.3. The van der Waals surface area contributed by atoms with Gasteiger partial charge in [-0.05, 0) is 13.8 Å². The van der Waals surface area contributed by atoms with E-state index in [1.54, 1.807) is 13.8 Å². The maximum absolute atomic E-state index is 10.4. The first-order valence-corrected chi connectivity index (χ1v) is 6.86. The Kier molecular flexibility index (Phi) is 12.2. The van der Waals surface area contributed by atoms with Crippen molar-refractivity contribution in [3.63, 3.8) is 0 Å². The van der Waals surface area contributed by atoms with Crippen molar-refractivity contribution in [1.82, 2.24) is 0 Å². The summed E-state index contributed by atoms with van der Waals surface area (Å²) in [7, 11) is -4.64. The first-order chi connectivity index (χ1) is 8.68. The molecular weight excluding hydrogens is 271 g/mol. The predicted octanol–water partition coefficient (Wildman–Crippen LogP) is 1.88. The molecule has 6 nitrogen and oxygen atoms in total. The smallest absolute Gasteiger partial charge is 0.463 e. The largest absolute Gasteiger partial charge is 0.466 e. The summed E-state index contributed by atoms with van der Waals surface area (Å²) in [4.78, 5) is 32.0. The minimum absolute atomic E-state index is 0.312. The lowest BCUT2D eigenvalue weighted by Crippen LogP contribution is -2.03. The van der Waals surface area contributed by atoms with E-state index in [0.717, 1.165) is 0 Å². The second-order valence-electron chi connectivity index (χ2n) is 3.17. The molecule has 0 unspecified atom stereocenters. The van der Waals surface area contributed by atoms with Crippen LogP contribution in [0.3, 0.4) is 0 Å². The average Bonchev–Trinajstić information content (AvgIpc) is 2.30. The third kappa shape index (κ3) is 26.3. The maximum Gasteiger partial charge on any atom is 0.466 e. The summed E-state index contributed by atoms with van der Waals surface area (Å²) >= 11 is 0. The molecule has 0 aliphatic carbocycles. The standard InChI is InChI=1S/C6H10O2.C6H6.H3O4P/c1-4-8-6(7)5(2)3;1-2-4-6-5-3-1;1-5(2,3)4/h2,4H2,1,3H3;1-6H;(H3,1,2,3,4). The van der Waals surface area contributed by atoms with Crippen LogP contribution in [-0.4, -0.2) is 27.3 Å². The predicted molar refractivity (Wildman–Crippen MR) is 72.2 cm³/mol. The third-order valence-electron chi connectivity index (χ3n) is 1.29. The summed E-state index contributed by atoms with van der Waals surface area (Å²) in [5, 5.41) is 0. The van der Waals surface area contributed by atoms with Crippen molar-refractivity contribution in [2.75, 3.05) is 6.61 Å². The van der Waals surface area contributed by atoms with E-state index in [1.807, 2.05) is 36.4 Å². The molecule has 1 aromatic rings. The van der Waals surface area contributed by atoms with E-state index in [9.17, 15) is 4.79 Å². The molecule has 7 heteroatoms. The zero-order valence-corrected chi connectivity index (χ0v) is 11.8. The Morgan fingerprint density at radius 1 is 1.11 bits per heavy atom. The van der Waals surface area contributed by atoms with Gasteiger partial charge in [-0.2, -0.15) is 0 Å². The van der Waals surface area contributed by atoms with Crippen LogP contribution in [0.4, 0.5) is 0 Å². The molecule has 1 aromatic carbocycles. The molecule has 0 saturated carbocycles. The summed E-state index contributed by atoms with van der Waals surface area (Å²) in [5.74, 6) is -0.312. The number of benzene rings is 1. The van der Waals surface area contributed by atoms with Crippen LogP contribution in [0.25, 0.3) is 0 Å². The Morgan fingerprint density at radius 3 is 1.47 bits per heavy atom. The Hall–Kier alpha value is -1.46. The van der Waals surface area contributed by atoms with Crippen molar-refractivity contribution in [2.24, 2.45) is 0 Å². The van der Waals surface area contributed by atoms with Gasteiger partial charge in [-0.1, -0.05) is 43.0 Å². The van der Waals surface area contributed by atoms with Gasteiger partial charge in [-0.25, -0.2) is 9.36 Å². The quantitative estimate of drug-likeness (QED) is 0.436. The summed E-state index contributed by atoms with van der Waals surface area (Å²) in [6, 6.07) is 12.0. The lowest BCUT2D eigenvalue weighted by atomic mass is 10.4. The van der Waals surface area contributed by atoms with E-state index >= 15 is 0 Å². The summed E-state index contributed by atoms with van der Waals surface area (Å²) in [5.41, 5.74) is 0.451.